The lowest BCUT2D eigenvalue weighted by Gasteiger charge is -2.20. The Kier molecular flexibility index (Phi) is 4.65. The molecule has 2 aromatic rings. The predicted molar refractivity (Wildman–Crippen MR) is 97.3 cm³/mol. The van der Waals surface area contributed by atoms with Gasteiger partial charge in [0.25, 0.3) is 5.91 Å². The molecule has 0 saturated carbocycles. The molecule has 1 N–H and O–H groups in total. The summed E-state index contributed by atoms with van der Waals surface area (Å²) < 4.78 is 0. The minimum Gasteiger partial charge on any atom is -0.322 e. The molecule has 0 radical (unpaired) electrons. The Bertz CT molecular complexity index is 799. The molecule has 0 spiro atoms. The predicted octanol–water partition coefficient (Wildman–Crippen LogP) is 3.27. The third kappa shape index (κ3) is 3.76. The monoisotopic (exact) mass is 335 g/mol. The van der Waals surface area contributed by atoms with Gasteiger partial charge in [-0.2, -0.15) is 5.10 Å². The van der Waals surface area contributed by atoms with E-state index in [9.17, 15) is 9.59 Å². The van der Waals surface area contributed by atoms with Crippen molar-refractivity contribution in [3.63, 3.8) is 0 Å². The molecule has 0 aliphatic carbocycles. The maximum atomic E-state index is 12.7. The van der Waals surface area contributed by atoms with Crippen LogP contribution in [0.4, 0.5) is 4.79 Å². The van der Waals surface area contributed by atoms with Gasteiger partial charge in [-0.05, 0) is 37.8 Å². The van der Waals surface area contributed by atoms with Crippen molar-refractivity contribution in [3.8, 4) is 0 Å². The number of hydrazone groups is 1. The molecule has 1 aliphatic rings. The van der Waals surface area contributed by atoms with E-state index < -0.39 is 11.6 Å². The lowest BCUT2D eigenvalue weighted by molar-refractivity contribution is -0.130. The van der Waals surface area contributed by atoms with Crippen molar-refractivity contribution in [2.24, 2.45) is 5.10 Å². The van der Waals surface area contributed by atoms with Crippen molar-refractivity contribution >= 4 is 18.2 Å². The van der Waals surface area contributed by atoms with Crippen molar-refractivity contribution in [2.75, 3.05) is 0 Å². The van der Waals surface area contributed by atoms with Crippen molar-refractivity contribution in [1.82, 2.24) is 10.3 Å². The number of carbonyl (C=O) groups excluding carboxylic acids is 2. The van der Waals surface area contributed by atoms with Gasteiger partial charge < -0.3 is 5.32 Å². The van der Waals surface area contributed by atoms with Crippen LogP contribution in [0.1, 0.15) is 30.0 Å². The summed E-state index contributed by atoms with van der Waals surface area (Å²) in [7, 11) is 0. The summed E-state index contributed by atoms with van der Waals surface area (Å²) in [5.74, 6) is -0.322. The lowest BCUT2D eigenvalue weighted by atomic mass is 9.93. The summed E-state index contributed by atoms with van der Waals surface area (Å²) in [4.78, 5) is 24.8. The third-order valence-electron chi connectivity index (χ3n) is 4.40. The van der Waals surface area contributed by atoms with Crippen molar-refractivity contribution in [2.45, 2.75) is 32.2 Å². The van der Waals surface area contributed by atoms with Crippen LogP contribution < -0.4 is 5.32 Å². The van der Waals surface area contributed by atoms with E-state index in [4.69, 9.17) is 0 Å². The van der Waals surface area contributed by atoms with Gasteiger partial charge in [0, 0.05) is 0 Å². The second-order valence-electron chi connectivity index (χ2n) is 6.52. The Balaban J connectivity index is 1.69. The maximum absolute atomic E-state index is 12.7. The number of rotatable bonds is 5. The lowest BCUT2D eigenvalue weighted by Crippen LogP contribution is -2.44. The summed E-state index contributed by atoms with van der Waals surface area (Å²) in [5.41, 5.74) is 2.18. The first kappa shape index (κ1) is 16.9. The molecule has 25 heavy (non-hydrogen) atoms. The average Bonchev–Trinajstić information content (AvgIpc) is 2.83. The third-order valence-corrected chi connectivity index (χ3v) is 4.40. The highest BCUT2D eigenvalue weighted by molar-refractivity contribution is 6.07. The van der Waals surface area contributed by atoms with Gasteiger partial charge in [-0.25, -0.2) is 4.79 Å². The van der Waals surface area contributed by atoms with E-state index in [0.717, 1.165) is 21.7 Å². The highest BCUT2D eigenvalue weighted by Gasteiger charge is 2.47. The van der Waals surface area contributed by atoms with E-state index in [1.54, 1.807) is 6.92 Å². The quantitative estimate of drug-likeness (QED) is 0.673. The van der Waals surface area contributed by atoms with Gasteiger partial charge in [0.1, 0.15) is 5.54 Å². The summed E-state index contributed by atoms with van der Waals surface area (Å²) in [6, 6.07) is 17.1. The van der Waals surface area contributed by atoms with Crippen LogP contribution >= 0.6 is 0 Å². The molecule has 3 amide bonds. The molecule has 1 aliphatic heterocycles. The molecular formula is C20H21N3O2. The number of imide groups is 1. The van der Waals surface area contributed by atoms with Crippen molar-refractivity contribution < 1.29 is 9.59 Å². The van der Waals surface area contributed by atoms with E-state index in [-0.39, 0.29) is 5.91 Å². The molecule has 1 heterocycles. The second-order valence-corrected chi connectivity index (χ2v) is 6.52. The minimum absolute atomic E-state index is 0.322. The van der Waals surface area contributed by atoms with Crippen LogP contribution in [0.3, 0.4) is 0 Å². The highest BCUT2D eigenvalue weighted by atomic mass is 16.2. The van der Waals surface area contributed by atoms with Gasteiger partial charge >= 0.3 is 6.03 Å². The SMILES string of the molecule is Cc1ccc(/C=N\N2C(=O)N[C@](C)(CCc3ccccc3)C2=O)cc1. The molecule has 5 heteroatoms. The van der Waals surface area contributed by atoms with Crippen LogP contribution in [0.2, 0.25) is 0 Å². The topological polar surface area (TPSA) is 61.8 Å². The Morgan fingerprint density at radius 2 is 1.76 bits per heavy atom. The van der Waals surface area contributed by atoms with Gasteiger partial charge in [-0.15, -0.1) is 5.01 Å². The number of benzene rings is 2. The van der Waals surface area contributed by atoms with E-state index in [2.05, 4.69) is 10.4 Å². The maximum Gasteiger partial charge on any atom is 0.346 e. The number of nitrogens with zero attached hydrogens (tertiary/aromatic N) is 2. The standard InChI is InChI=1S/C20H21N3O2/c1-15-8-10-17(11-9-15)14-21-23-18(24)20(2,22-19(23)25)13-12-16-6-4-3-5-7-16/h3-11,14H,12-13H2,1-2H3,(H,22,25)/b21-14-/t20-/m1/s1. The first-order chi connectivity index (χ1) is 12.0. The van der Waals surface area contributed by atoms with Gasteiger partial charge in [-0.3, -0.25) is 4.79 Å². The Labute approximate surface area is 147 Å². The van der Waals surface area contributed by atoms with Crippen LogP contribution in [-0.2, 0) is 11.2 Å². The first-order valence-electron chi connectivity index (χ1n) is 8.29. The molecule has 0 aromatic heterocycles. The minimum atomic E-state index is -0.933. The van der Waals surface area contributed by atoms with E-state index >= 15 is 0 Å². The van der Waals surface area contributed by atoms with E-state index in [0.29, 0.717) is 12.8 Å². The molecule has 3 rings (SSSR count). The first-order valence-corrected chi connectivity index (χ1v) is 8.29. The second kappa shape index (κ2) is 6.89. The van der Waals surface area contributed by atoms with Gasteiger partial charge in [0.15, 0.2) is 0 Å². The van der Waals surface area contributed by atoms with Gasteiger partial charge in [0.05, 0.1) is 6.21 Å². The molecule has 1 saturated heterocycles. The van der Waals surface area contributed by atoms with Crippen molar-refractivity contribution in [3.05, 3.63) is 71.3 Å². The van der Waals surface area contributed by atoms with Crippen LogP contribution in [0.25, 0.3) is 0 Å². The smallest absolute Gasteiger partial charge is 0.322 e. The zero-order valence-electron chi connectivity index (χ0n) is 14.4. The fourth-order valence-electron chi connectivity index (χ4n) is 2.76. The zero-order chi connectivity index (χ0) is 17.9. The fourth-order valence-corrected chi connectivity index (χ4v) is 2.76. The molecule has 5 nitrogen and oxygen atoms in total. The molecule has 0 unspecified atom stereocenters. The molecule has 2 aromatic carbocycles. The Hall–Kier alpha value is -2.95. The number of amides is 3. The Morgan fingerprint density at radius 3 is 2.44 bits per heavy atom. The summed E-state index contributed by atoms with van der Waals surface area (Å²) >= 11 is 0. The average molecular weight is 335 g/mol. The fraction of sp³-hybridized carbons (Fsp3) is 0.250. The number of nitrogens with one attached hydrogen (secondary N) is 1. The molecular weight excluding hydrogens is 314 g/mol. The van der Waals surface area contributed by atoms with Gasteiger partial charge in [0.2, 0.25) is 0 Å². The Morgan fingerprint density at radius 1 is 1.08 bits per heavy atom. The molecule has 0 bridgehead atoms. The molecule has 1 fully saturated rings. The van der Waals surface area contributed by atoms with E-state index in [1.165, 1.54) is 6.21 Å². The van der Waals surface area contributed by atoms with Crippen LogP contribution in [-0.4, -0.2) is 28.7 Å². The zero-order valence-corrected chi connectivity index (χ0v) is 14.4. The summed E-state index contributed by atoms with van der Waals surface area (Å²) in [5, 5.41) is 7.77. The molecule has 1 atom stereocenters. The number of hydrogen-bond acceptors (Lipinski definition) is 3. The number of urea groups is 1. The summed E-state index contributed by atoms with van der Waals surface area (Å²) in [6.45, 7) is 3.74. The number of aryl methyl sites for hydroxylation is 2. The molecule has 128 valence electrons. The summed E-state index contributed by atoms with van der Waals surface area (Å²) in [6.07, 6.45) is 2.76. The van der Waals surface area contributed by atoms with E-state index in [1.807, 2.05) is 61.5 Å². The normalized spacial score (nSPS) is 20.3. The highest BCUT2D eigenvalue weighted by Crippen LogP contribution is 2.23. The van der Waals surface area contributed by atoms with Crippen LogP contribution in [0.5, 0.6) is 0 Å². The largest absolute Gasteiger partial charge is 0.346 e. The van der Waals surface area contributed by atoms with Crippen LogP contribution in [0.15, 0.2) is 59.7 Å². The number of hydrogen-bond donors (Lipinski definition) is 1. The van der Waals surface area contributed by atoms with Crippen molar-refractivity contribution in [1.29, 1.82) is 0 Å². The van der Waals surface area contributed by atoms with Gasteiger partial charge in [-0.1, -0.05) is 60.2 Å². The van der Waals surface area contributed by atoms with Crippen LogP contribution in [0, 0.1) is 6.92 Å². The number of carbonyl (C=O) groups is 2.